The zero-order chi connectivity index (χ0) is 15.5. The first-order valence-corrected chi connectivity index (χ1v) is 9.81. The Morgan fingerprint density at radius 2 is 1.91 bits per heavy atom. The molecule has 5 aliphatic rings. The van der Waals surface area contributed by atoms with Crippen molar-refractivity contribution in [1.29, 1.82) is 0 Å². The van der Waals surface area contributed by atoms with Gasteiger partial charge in [0.15, 0.2) is 0 Å². The summed E-state index contributed by atoms with van der Waals surface area (Å²) in [5.74, 6) is 4.56. The maximum Gasteiger partial charge on any atom is 0.313 e. The van der Waals surface area contributed by atoms with Crippen LogP contribution in [0.2, 0.25) is 0 Å². The molecule has 0 radical (unpaired) electrons. The highest BCUT2D eigenvalue weighted by Gasteiger charge is 2.84. The molecule has 0 spiro atoms. The van der Waals surface area contributed by atoms with E-state index in [0.717, 1.165) is 30.6 Å². The monoisotopic (exact) mass is 304 g/mol. The fraction of sp³-hybridized carbons (Fsp3) is 0.950. The minimum atomic E-state index is -0.0385. The Labute approximate surface area is 135 Å². The van der Waals surface area contributed by atoms with Gasteiger partial charge in [0, 0.05) is 0 Å². The van der Waals surface area contributed by atoms with Gasteiger partial charge in [0.25, 0.3) is 0 Å². The number of ether oxygens (including phenoxy) is 1. The second-order valence-corrected chi connectivity index (χ2v) is 8.80. The predicted octanol–water partition coefficient (Wildman–Crippen LogP) is 4.82. The summed E-state index contributed by atoms with van der Waals surface area (Å²) in [6, 6.07) is 0. The Morgan fingerprint density at radius 1 is 1.18 bits per heavy atom. The second-order valence-electron chi connectivity index (χ2n) is 8.80. The standard InChI is InChI=1S/C20H32O2/c1-4-5-6-14-7-9-15(10-8-14)22-19(21)20-13(3)16-11-17(20)18(20)12(16)2/h12-18H,4-11H2,1-3H3. The number of hydrogen-bond acceptors (Lipinski definition) is 2. The second kappa shape index (κ2) is 5.24. The van der Waals surface area contributed by atoms with Crippen LogP contribution in [0.4, 0.5) is 0 Å². The minimum absolute atomic E-state index is 0.0385. The van der Waals surface area contributed by atoms with E-state index in [1.165, 1.54) is 38.5 Å². The first-order chi connectivity index (χ1) is 10.6. The molecule has 0 amide bonds. The molecule has 5 saturated carbocycles. The molecular weight excluding hydrogens is 272 g/mol. The Bertz CT molecular complexity index is 447. The average molecular weight is 304 g/mol. The molecule has 5 rings (SSSR count). The number of unbranched alkanes of at least 4 members (excludes halogenated alkanes) is 1. The van der Waals surface area contributed by atoms with Crippen LogP contribution < -0.4 is 0 Å². The number of carbonyl (C=O) groups is 1. The molecule has 0 heterocycles. The van der Waals surface area contributed by atoms with E-state index in [1.807, 2.05) is 0 Å². The van der Waals surface area contributed by atoms with Crippen LogP contribution >= 0.6 is 0 Å². The van der Waals surface area contributed by atoms with Gasteiger partial charge in [0.1, 0.15) is 6.10 Å². The van der Waals surface area contributed by atoms with Crippen molar-refractivity contribution in [3.05, 3.63) is 0 Å². The van der Waals surface area contributed by atoms with E-state index >= 15 is 0 Å². The Morgan fingerprint density at radius 3 is 2.41 bits per heavy atom. The fourth-order valence-electron chi connectivity index (χ4n) is 6.84. The van der Waals surface area contributed by atoms with E-state index < -0.39 is 0 Å². The summed E-state index contributed by atoms with van der Waals surface area (Å²) in [6.45, 7) is 6.96. The lowest BCUT2D eigenvalue weighted by atomic mass is 9.84. The van der Waals surface area contributed by atoms with E-state index in [1.54, 1.807) is 0 Å². The molecule has 0 N–H and O–H groups in total. The van der Waals surface area contributed by atoms with Gasteiger partial charge in [0.05, 0.1) is 5.41 Å². The minimum Gasteiger partial charge on any atom is -0.462 e. The predicted molar refractivity (Wildman–Crippen MR) is 87.2 cm³/mol. The van der Waals surface area contributed by atoms with Crippen LogP contribution in [-0.2, 0) is 9.53 Å². The molecule has 2 nitrogen and oxygen atoms in total. The number of hydrogen-bond donors (Lipinski definition) is 0. The van der Waals surface area contributed by atoms with Crippen molar-refractivity contribution in [2.75, 3.05) is 0 Å². The fourth-order valence-corrected chi connectivity index (χ4v) is 6.84. The Balaban J connectivity index is 1.32. The third-order valence-electron chi connectivity index (χ3n) is 8.04. The van der Waals surface area contributed by atoms with Gasteiger partial charge in [-0.2, -0.15) is 0 Å². The molecule has 0 aromatic heterocycles. The molecule has 0 aromatic carbocycles. The van der Waals surface area contributed by atoms with Crippen LogP contribution in [0.5, 0.6) is 0 Å². The van der Waals surface area contributed by atoms with Crippen molar-refractivity contribution in [3.8, 4) is 0 Å². The molecule has 6 unspecified atom stereocenters. The van der Waals surface area contributed by atoms with Gasteiger partial charge >= 0.3 is 5.97 Å². The maximum absolute atomic E-state index is 12.9. The SMILES string of the molecule is CCCCC1CCC(OC(=O)C23C(C)C4CC2C3C4C)CC1. The van der Waals surface area contributed by atoms with Crippen molar-refractivity contribution >= 4 is 5.97 Å². The number of rotatable bonds is 5. The van der Waals surface area contributed by atoms with Gasteiger partial charge in [-0.3, -0.25) is 4.79 Å². The molecule has 0 aliphatic heterocycles. The van der Waals surface area contributed by atoms with Crippen molar-refractivity contribution in [3.63, 3.8) is 0 Å². The zero-order valence-electron chi connectivity index (χ0n) is 14.5. The molecule has 0 saturated heterocycles. The van der Waals surface area contributed by atoms with Gasteiger partial charge in [-0.15, -0.1) is 0 Å². The van der Waals surface area contributed by atoms with Crippen LogP contribution in [0.15, 0.2) is 0 Å². The van der Waals surface area contributed by atoms with Gasteiger partial charge in [-0.05, 0) is 67.6 Å². The first-order valence-electron chi connectivity index (χ1n) is 9.81. The first kappa shape index (κ1) is 15.0. The summed E-state index contributed by atoms with van der Waals surface area (Å²) in [7, 11) is 0. The lowest BCUT2D eigenvalue weighted by Gasteiger charge is -2.30. The van der Waals surface area contributed by atoms with Gasteiger partial charge in [-0.1, -0.05) is 40.0 Å². The number of carbonyl (C=O) groups excluding carboxylic acids is 1. The van der Waals surface area contributed by atoms with Gasteiger partial charge in [-0.25, -0.2) is 0 Å². The van der Waals surface area contributed by atoms with E-state index in [2.05, 4.69) is 20.8 Å². The van der Waals surface area contributed by atoms with Crippen LogP contribution in [-0.4, -0.2) is 12.1 Å². The van der Waals surface area contributed by atoms with Crippen LogP contribution in [0, 0.1) is 40.9 Å². The van der Waals surface area contributed by atoms with Crippen molar-refractivity contribution in [2.24, 2.45) is 40.9 Å². The average Bonchev–Trinajstić information content (AvgIpc) is 2.82. The molecule has 5 fully saturated rings. The molecule has 2 heteroatoms. The molecule has 0 aromatic rings. The molecular formula is C20H32O2. The van der Waals surface area contributed by atoms with Crippen LogP contribution in [0.3, 0.4) is 0 Å². The smallest absolute Gasteiger partial charge is 0.313 e. The molecule has 124 valence electrons. The van der Waals surface area contributed by atoms with Crippen LogP contribution in [0.1, 0.15) is 72.1 Å². The lowest BCUT2D eigenvalue weighted by Crippen LogP contribution is -2.31. The van der Waals surface area contributed by atoms with Gasteiger partial charge in [0.2, 0.25) is 0 Å². The number of esters is 1. The molecule has 6 atom stereocenters. The topological polar surface area (TPSA) is 26.3 Å². The normalized spacial score (nSPS) is 51.9. The molecule has 22 heavy (non-hydrogen) atoms. The summed E-state index contributed by atoms with van der Waals surface area (Å²) < 4.78 is 6.05. The Hall–Kier alpha value is -0.530. The highest BCUT2D eigenvalue weighted by molar-refractivity contribution is 5.84. The third-order valence-corrected chi connectivity index (χ3v) is 8.04. The maximum atomic E-state index is 12.9. The summed E-state index contributed by atoms with van der Waals surface area (Å²) >= 11 is 0. The summed E-state index contributed by atoms with van der Waals surface area (Å²) in [5, 5.41) is 0. The van der Waals surface area contributed by atoms with Gasteiger partial charge < -0.3 is 4.74 Å². The summed E-state index contributed by atoms with van der Waals surface area (Å²) in [6.07, 6.45) is 10.3. The highest BCUT2D eigenvalue weighted by Crippen LogP contribution is 2.83. The van der Waals surface area contributed by atoms with E-state index in [0.29, 0.717) is 17.8 Å². The largest absolute Gasteiger partial charge is 0.462 e. The summed E-state index contributed by atoms with van der Waals surface area (Å²) in [5.41, 5.74) is -0.0385. The third kappa shape index (κ3) is 1.88. The van der Waals surface area contributed by atoms with Crippen LogP contribution in [0.25, 0.3) is 0 Å². The highest BCUT2D eigenvalue weighted by atomic mass is 16.5. The van der Waals surface area contributed by atoms with E-state index in [4.69, 9.17) is 4.74 Å². The summed E-state index contributed by atoms with van der Waals surface area (Å²) in [4.78, 5) is 12.9. The quantitative estimate of drug-likeness (QED) is 0.681. The molecule has 5 aliphatic carbocycles. The zero-order valence-corrected chi connectivity index (χ0v) is 14.5. The van der Waals surface area contributed by atoms with Crippen molar-refractivity contribution in [1.82, 2.24) is 0 Å². The Kier molecular flexibility index (Phi) is 3.58. The van der Waals surface area contributed by atoms with Crippen molar-refractivity contribution < 1.29 is 9.53 Å². The molecule has 4 bridgehead atoms. The van der Waals surface area contributed by atoms with Crippen molar-refractivity contribution in [2.45, 2.75) is 78.2 Å². The van der Waals surface area contributed by atoms with E-state index in [9.17, 15) is 4.79 Å². The van der Waals surface area contributed by atoms with E-state index in [-0.39, 0.29) is 17.5 Å². The lowest BCUT2D eigenvalue weighted by molar-refractivity contribution is -0.160.